The first-order chi connectivity index (χ1) is 13.9. The van der Waals surface area contributed by atoms with Gasteiger partial charge >= 0.3 is 0 Å². The van der Waals surface area contributed by atoms with Crippen molar-refractivity contribution in [1.29, 1.82) is 0 Å². The van der Waals surface area contributed by atoms with E-state index in [9.17, 15) is 10.2 Å². The summed E-state index contributed by atoms with van der Waals surface area (Å²) in [5, 5.41) is 20.9. The second-order valence-corrected chi connectivity index (χ2v) is 9.79. The molecule has 29 heavy (non-hydrogen) atoms. The van der Waals surface area contributed by atoms with Crippen molar-refractivity contribution in [2.75, 3.05) is 20.6 Å². The maximum Gasteiger partial charge on any atom is 0.0723 e. The molecule has 0 saturated heterocycles. The van der Waals surface area contributed by atoms with E-state index in [2.05, 4.69) is 57.1 Å². The quantitative estimate of drug-likeness (QED) is 0.322. The second-order valence-electron chi connectivity index (χ2n) is 9.79. The Bertz CT molecular complexity index is 551. The molecule has 0 aromatic heterocycles. The van der Waals surface area contributed by atoms with Crippen molar-refractivity contribution in [2.45, 2.75) is 83.8 Å². The Balaban J connectivity index is 1.77. The summed E-state index contributed by atoms with van der Waals surface area (Å²) in [5.74, 6) is 1.73. The third-order valence-corrected chi connectivity index (χ3v) is 6.71. The predicted octanol–water partition coefficient (Wildman–Crippen LogP) is 5.35. The van der Waals surface area contributed by atoms with Crippen molar-refractivity contribution in [3.8, 4) is 0 Å². The predicted molar refractivity (Wildman–Crippen MR) is 124 cm³/mol. The average molecular weight is 404 g/mol. The molecule has 2 rings (SSSR count). The van der Waals surface area contributed by atoms with Gasteiger partial charge in [0.2, 0.25) is 0 Å². The van der Waals surface area contributed by atoms with Crippen molar-refractivity contribution in [3.63, 3.8) is 0 Å². The topological polar surface area (TPSA) is 43.7 Å². The van der Waals surface area contributed by atoms with Crippen molar-refractivity contribution < 1.29 is 10.2 Å². The molecular weight excluding hydrogens is 358 g/mol. The molecular formula is C26H45NO2. The van der Waals surface area contributed by atoms with E-state index in [1.54, 1.807) is 0 Å². The number of hydrogen-bond acceptors (Lipinski definition) is 3. The van der Waals surface area contributed by atoms with E-state index in [-0.39, 0.29) is 18.1 Å². The van der Waals surface area contributed by atoms with Crippen LogP contribution in [0.1, 0.15) is 71.6 Å². The number of hydrogen-bond donors (Lipinski definition) is 2. The van der Waals surface area contributed by atoms with Crippen LogP contribution in [0.5, 0.6) is 0 Å². The highest BCUT2D eigenvalue weighted by molar-refractivity contribution is 5.28. The third kappa shape index (κ3) is 8.39. The molecule has 0 heterocycles. The summed E-state index contributed by atoms with van der Waals surface area (Å²) in [4.78, 5) is 2.24. The Morgan fingerprint density at radius 1 is 1.24 bits per heavy atom. The van der Waals surface area contributed by atoms with Crippen LogP contribution in [-0.4, -0.2) is 48.0 Å². The number of nitrogens with zero attached hydrogens (tertiary/aromatic N) is 1. The van der Waals surface area contributed by atoms with Crippen LogP contribution in [0.2, 0.25) is 0 Å². The Kier molecular flexibility index (Phi) is 10.7. The van der Waals surface area contributed by atoms with Crippen LogP contribution >= 0.6 is 0 Å². The summed E-state index contributed by atoms with van der Waals surface area (Å²) in [6.45, 7) is 5.61. The summed E-state index contributed by atoms with van der Waals surface area (Å²) in [6, 6.07) is 0. The molecule has 2 aliphatic carbocycles. The van der Waals surface area contributed by atoms with Crippen molar-refractivity contribution >= 4 is 0 Å². The lowest BCUT2D eigenvalue weighted by molar-refractivity contribution is 0.139. The normalized spacial score (nSPS) is 29.1. The molecule has 0 aromatic carbocycles. The minimum Gasteiger partial charge on any atom is -0.392 e. The second kappa shape index (κ2) is 12.7. The van der Waals surface area contributed by atoms with Gasteiger partial charge in [0, 0.05) is 5.92 Å². The van der Waals surface area contributed by atoms with Gasteiger partial charge in [0.05, 0.1) is 12.2 Å². The van der Waals surface area contributed by atoms with E-state index in [0.717, 1.165) is 32.2 Å². The Morgan fingerprint density at radius 2 is 2.03 bits per heavy atom. The highest BCUT2D eigenvalue weighted by Crippen LogP contribution is 2.47. The maximum atomic E-state index is 10.5. The Labute approximate surface area is 179 Å². The molecule has 3 nitrogen and oxygen atoms in total. The minimum atomic E-state index is -0.385. The zero-order valence-corrected chi connectivity index (χ0v) is 19.3. The number of aliphatic hydroxyl groups is 2. The molecule has 1 saturated carbocycles. The molecule has 1 fully saturated rings. The van der Waals surface area contributed by atoms with E-state index in [0.29, 0.717) is 17.8 Å². The van der Waals surface area contributed by atoms with Gasteiger partial charge in [-0.25, -0.2) is 0 Å². The first-order valence-corrected chi connectivity index (χ1v) is 12.0. The smallest absolute Gasteiger partial charge is 0.0723 e. The Morgan fingerprint density at radius 3 is 2.76 bits per heavy atom. The highest BCUT2D eigenvalue weighted by Gasteiger charge is 2.42. The molecule has 166 valence electrons. The van der Waals surface area contributed by atoms with E-state index < -0.39 is 0 Å². The van der Waals surface area contributed by atoms with Gasteiger partial charge in [-0.2, -0.15) is 0 Å². The number of fused-ring (bicyclic) bond motifs is 1. The number of rotatable bonds is 13. The molecule has 3 heteroatoms. The molecule has 2 aliphatic rings. The number of unbranched alkanes of at least 4 members (excludes halogenated alkanes) is 3. The number of aliphatic hydroxyl groups excluding tert-OH is 2. The monoisotopic (exact) mass is 403 g/mol. The fourth-order valence-electron chi connectivity index (χ4n) is 5.01. The van der Waals surface area contributed by atoms with Gasteiger partial charge in [0.25, 0.3) is 0 Å². The van der Waals surface area contributed by atoms with Crippen molar-refractivity contribution in [3.05, 3.63) is 36.0 Å². The van der Waals surface area contributed by atoms with Crippen LogP contribution in [-0.2, 0) is 0 Å². The largest absolute Gasteiger partial charge is 0.392 e. The summed E-state index contributed by atoms with van der Waals surface area (Å²) >= 11 is 0. The average Bonchev–Trinajstić information content (AvgIpc) is 3.17. The maximum absolute atomic E-state index is 10.5. The van der Waals surface area contributed by atoms with Gasteiger partial charge in [-0.3, -0.25) is 0 Å². The first kappa shape index (κ1) is 24.4. The molecule has 2 N–H and O–H groups in total. The highest BCUT2D eigenvalue weighted by atomic mass is 16.3. The molecule has 0 bridgehead atoms. The zero-order valence-electron chi connectivity index (χ0n) is 19.3. The lowest BCUT2D eigenvalue weighted by Gasteiger charge is -2.19. The van der Waals surface area contributed by atoms with Gasteiger partial charge in [-0.05, 0) is 76.9 Å². The van der Waals surface area contributed by atoms with E-state index in [4.69, 9.17) is 0 Å². The lowest BCUT2D eigenvalue weighted by atomic mass is 9.88. The fraction of sp³-hybridized carbons (Fsp3) is 0.769. The summed E-state index contributed by atoms with van der Waals surface area (Å²) in [7, 11) is 4.26. The van der Waals surface area contributed by atoms with E-state index in [1.807, 2.05) is 6.08 Å². The molecule has 0 aromatic rings. The Hall–Kier alpha value is -0.900. The minimum absolute atomic E-state index is 0.183. The van der Waals surface area contributed by atoms with Crippen molar-refractivity contribution in [2.24, 2.45) is 23.7 Å². The molecule has 0 spiro atoms. The SMILES string of the molecule is CCCC[C@H](C)C[C@H](O)C=C[C@@H]1[C@H]2CC(C=CCCCCN(C)C)=C[C@H]2C[C@H]1O. The van der Waals surface area contributed by atoms with Crippen LogP contribution in [0.3, 0.4) is 0 Å². The van der Waals surface area contributed by atoms with Gasteiger partial charge in [-0.15, -0.1) is 0 Å². The van der Waals surface area contributed by atoms with Crippen LogP contribution in [0.15, 0.2) is 36.0 Å². The lowest BCUT2D eigenvalue weighted by Crippen LogP contribution is -2.18. The summed E-state index contributed by atoms with van der Waals surface area (Å²) < 4.78 is 0. The molecule has 0 aliphatic heterocycles. The van der Waals surface area contributed by atoms with Gasteiger partial charge in [0.1, 0.15) is 0 Å². The molecule has 6 atom stereocenters. The van der Waals surface area contributed by atoms with Crippen LogP contribution in [0, 0.1) is 23.7 Å². The van der Waals surface area contributed by atoms with Crippen molar-refractivity contribution in [1.82, 2.24) is 4.90 Å². The summed E-state index contributed by atoms with van der Waals surface area (Å²) in [5.41, 5.74) is 1.44. The number of allylic oxidation sites excluding steroid dienone is 4. The molecule has 0 radical (unpaired) electrons. The third-order valence-electron chi connectivity index (χ3n) is 6.71. The fourth-order valence-corrected chi connectivity index (χ4v) is 5.01. The first-order valence-electron chi connectivity index (χ1n) is 12.0. The van der Waals surface area contributed by atoms with E-state index >= 15 is 0 Å². The zero-order chi connectivity index (χ0) is 21.2. The molecule has 0 unspecified atom stereocenters. The van der Waals surface area contributed by atoms with Gasteiger partial charge < -0.3 is 15.1 Å². The van der Waals surface area contributed by atoms with Crippen LogP contribution in [0.25, 0.3) is 0 Å². The van der Waals surface area contributed by atoms with Gasteiger partial charge in [0.15, 0.2) is 0 Å². The van der Waals surface area contributed by atoms with Crippen LogP contribution < -0.4 is 0 Å². The molecule has 0 amide bonds. The van der Waals surface area contributed by atoms with E-state index in [1.165, 1.54) is 37.7 Å². The standard InChI is InChI=1S/C26H45NO2/c1-5-6-11-20(2)16-23(28)13-14-24-25-18-21(17-22(25)19-26(24)29)12-9-7-8-10-15-27(3)4/h9,12-14,17,20,22-26,28-29H,5-8,10-11,15-16,18-19H2,1-4H3/t20-,22-,23+,24+,25-,26+/m0/s1. The van der Waals surface area contributed by atoms with Crippen LogP contribution in [0.4, 0.5) is 0 Å². The summed E-state index contributed by atoms with van der Waals surface area (Å²) in [6.07, 6.45) is 20.5. The van der Waals surface area contributed by atoms with Gasteiger partial charge in [-0.1, -0.05) is 69.1 Å².